The second-order valence-electron chi connectivity index (χ2n) is 5.29. The molecule has 1 aromatic heterocycles. The second-order valence-corrected chi connectivity index (χ2v) is 8.97. The third kappa shape index (κ3) is 8.84. The van der Waals surface area contributed by atoms with Gasteiger partial charge in [-0.05, 0) is 32.9 Å². The average Bonchev–Trinajstić information content (AvgIpc) is 2.55. The number of hydrogen-bond acceptors (Lipinski definition) is 5. The summed E-state index contributed by atoms with van der Waals surface area (Å²) < 4.78 is 32.4. The Morgan fingerprint density at radius 1 is 1.15 bits per heavy atom. The Morgan fingerprint density at radius 3 is 2.30 bits per heavy atom. The smallest absolute Gasteiger partial charge is 0.376 e. The third-order valence-corrected chi connectivity index (χ3v) is 6.09. The maximum absolute atomic E-state index is 11.5. The second kappa shape index (κ2) is 11.9. The Morgan fingerprint density at radius 2 is 1.78 bits per heavy atom. The number of allylic oxidation sites excluding steroid dienone is 3. The number of rotatable bonds is 6. The molecule has 0 amide bonds. The summed E-state index contributed by atoms with van der Waals surface area (Å²) in [5.41, 5.74) is 1.54. The van der Waals surface area contributed by atoms with Gasteiger partial charge in [0.2, 0.25) is 0 Å². The molecule has 3 unspecified atom stereocenters. The molecule has 2 N–H and O–H groups in total. The summed E-state index contributed by atoms with van der Waals surface area (Å²) in [5.74, 6) is -0.738. The van der Waals surface area contributed by atoms with E-state index < -0.39 is 21.0 Å². The zero-order valence-corrected chi connectivity index (χ0v) is 18.4. The summed E-state index contributed by atoms with van der Waals surface area (Å²) >= 11 is 0. The predicted octanol–water partition coefficient (Wildman–Crippen LogP) is 3.62. The van der Waals surface area contributed by atoms with Gasteiger partial charge in [-0.3, -0.25) is 9.13 Å². The van der Waals surface area contributed by atoms with Crippen molar-refractivity contribution in [3.63, 3.8) is 0 Å². The third-order valence-electron chi connectivity index (χ3n) is 3.07. The molecular formula is C16H25N2NiO6P2-. The molecule has 0 saturated carbocycles. The molecule has 0 saturated heterocycles. The summed E-state index contributed by atoms with van der Waals surface area (Å²) in [6.45, 7) is 7.30. The van der Waals surface area contributed by atoms with Crippen molar-refractivity contribution < 1.29 is 44.5 Å². The van der Waals surface area contributed by atoms with Crippen LogP contribution < -0.4 is 5.44 Å². The standard InChI is InChI=1S/C8H13NO3P.C8H12NO3P.Ni/c2*1-3-12-13(10,11)8-6-4-5-7(2)9-8;/h4-6,8H,3H2,1-2H3,(H,10,11);4-6H,3H2,1-2H3,(H,10,11);/q-1;;. The maximum atomic E-state index is 11.5. The quantitative estimate of drug-likeness (QED) is 0.490. The SMILES string of the molecule is CCOP(=O)(O)C1C=CC=C(C)[N-]1.CCOP(=O)(O)c1cccc(C)n1.[Ni]. The van der Waals surface area contributed by atoms with Gasteiger partial charge in [0, 0.05) is 28.0 Å². The van der Waals surface area contributed by atoms with E-state index in [-0.39, 0.29) is 35.1 Å². The van der Waals surface area contributed by atoms with E-state index in [2.05, 4.69) is 10.3 Å². The Balaban J connectivity index is 0.000000483. The molecule has 156 valence electrons. The zero-order valence-electron chi connectivity index (χ0n) is 15.6. The van der Waals surface area contributed by atoms with Crippen LogP contribution >= 0.6 is 15.2 Å². The van der Waals surface area contributed by atoms with Crippen molar-refractivity contribution in [1.29, 1.82) is 0 Å². The molecule has 3 atom stereocenters. The topological polar surface area (TPSA) is 120 Å². The number of aryl methyl sites for hydroxylation is 1. The van der Waals surface area contributed by atoms with Gasteiger partial charge in [0.1, 0.15) is 0 Å². The van der Waals surface area contributed by atoms with Crippen LogP contribution in [0.4, 0.5) is 0 Å². The van der Waals surface area contributed by atoms with E-state index in [1.165, 1.54) is 6.07 Å². The van der Waals surface area contributed by atoms with Crippen molar-refractivity contribution >= 4 is 20.6 Å². The first-order valence-corrected chi connectivity index (χ1v) is 11.3. The average molecular weight is 462 g/mol. The molecule has 0 fully saturated rings. The van der Waals surface area contributed by atoms with Crippen LogP contribution in [0.3, 0.4) is 0 Å². The van der Waals surface area contributed by atoms with Crippen LogP contribution in [0.15, 0.2) is 42.1 Å². The van der Waals surface area contributed by atoms with E-state index in [1.54, 1.807) is 58.1 Å². The Bertz CT molecular complexity index is 756. The van der Waals surface area contributed by atoms with Gasteiger partial charge < -0.3 is 24.2 Å². The van der Waals surface area contributed by atoms with Crippen molar-refractivity contribution in [2.75, 3.05) is 13.2 Å². The molecule has 0 bridgehead atoms. The number of aromatic nitrogens is 1. The van der Waals surface area contributed by atoms with E-state index >= 15 is 0 Å². The van der Waals surface area contributed by atoms with Gasteiger partial charge in [0.15, 0.2) is 5.44 Å². The fourth-order valence-corrected chi connectivity index (χ4v) is 4.17. The maximum Gasteiger partial charge on any atom is 0.376 e. The van der Waals surface area contributed by atoms with Crippen LogP contribution in [-0.2, 0) is 34.7 Å². The predicted molar refractivity (Wildman–Crippen MR) is 102 cm³/mol. The zero-order chi connectivity index (χ0) is 19.8. The molecule has 2 heterocycles. The molecule has 2 rings (SSSR count). The molecule has 27 heavy (non-hydrogen) atoms. The minimum absolute atomic E-state index is 0. The van der Waals surface area contributed by atoms with Gasteiger partial charge in [-0.15, -0.1) is 0 Å². The van der Waals surface area contributed by atoms with Gasteiger partial charge in [0.25, 0.3) is 0 Å². The first-order valence-electron chi connectivity index (χ1n) is 8.07. The summed E-state index contributed by atoms with van der Waals surface area (Å²) in [4.78, 5) is 22.7. The molecular weight excluding hydrogens is 437 g/mol. The van der Waals surface area contributed by atoms with Crippen LogP contribution in [0, 0.1) is 6.92 Å². The van der Waals surface area contributed by atoms with Gasteiger partial charge in [-0.25, -0.2) is 4.98 Å². The molecule has 0 spiro atoms. The van der Waals surface area contributed by atoms with E-state index in [0.717, 1.165) is 5.70 Å². The molecule has 1 aromatic rings. The van der Waals surface area contributed by atoms with Crippen LogP contribution in [0.25, 0.3) is 5.32 Å². The van der Waals surface area contributed by atoms with E-state index in [0.29, 0.717) is 5.69 Å². The first-order chi connectivity index (χ1) is 12.1. The van der Waals surface area contributed by atoms with Crippen molar-refractivity contribution in [1.82, 2.24) is 4.98 Å². The summed E-state index contributed by atoms with van der Waals surface area (Å²) in [6, 6.07) is 4.93. The minimum atomic E-state index is -3.68. The van der Waals surface area contributed by atoms with Gasteiger partial charge in [-0.1, -0.05) is 31.2 Å². The van der Waals surface area contributed by atoms with Crippen LogP contribution in [0.2, 0.25) is 0 Å². The van der Waals surface area contributed by atoms with E-state index in [1.807, 2.05) is 0 Å². The number of pyridine rings is 1. The Hall–Kier alpha value is -0.776. The first kappa shape index (κ1) is 26.2. The van der Waals surface area contributed by atoms with Crippen molar-refractivity contribution in [3.8, 4) is 0 Å². The van der Waals surface area contributed by atoms with E-state index in [4.69, 9.17) is 9.05 Å². The summed E-state index contributed by atoms with van der Waals surface area (Å²) in [7, 11) is -7.28. The fourth-order valence-electron chi connectivity index (χ4n) is 1.96. The Labute approximate surface area is 170 Å². The van der Waals surface area contributed by atoms with Crippen LogP contribution in [0.1, 0.15) is 26.5 Å². The van der Waals surface area contributed by atoms with Gasteiger partial charge >= 0.3 is 15.2 Å². The van der Waals surface area contributed by atoms with E-state index in [9.17, 15) is 18.9 Å². The molecule has 8 nitrogen and oxygen atoms in total. The van der Waals surface area contributed by atoms with Crippen molar-refractivity contribution in [2.45, 2.75) is 33.5 Å². The van der Waals surface area contributed by atoms with Crippen LogP contribution in [-0.4, -0.2) is 33.8 Å². The molecule has 0 aliphatic carbocycles. The van der Waals surface area contributed by atoms with Crippen molar-refractivity contribution in [3.05, 3.63) is 53.1 Å². The summed E-state index contributed by atoms with van der Waals surface area (Å²) in [6.07, 6.45) is 5.07. The molecule has 1 aliphatic heterocycles. The van der Waals surface area contributed by atoms with Crippen LogP contribution in [0.5, 0.6) is 0 Å². The fraction of sp³-hybridized carbons (Fsp3) is 0.438. The molecule has 0 aromatic carbocycles. The number of hydrogen-bond donors (Lipinski definition) is 2. The molecule has 0 radical (unpaired) electrons. The normalized spacial score (nSPS) is 19.9. The van der Waals surface area contributed by atoms with Gasteiger partial charge in [0.05, 0.1) is 13.2 Å². The van der Waals surface area contributed by atoms with Crippen molar-refractivity contribution in [2.24, 2.45) is 0 Å². The summed E-state index contributed by atoms with van der Waals surface area (Å²) in [5, 5.41) is 4.01. The Kier molecular flexibility index (Phi) is 11.6. The molecule has 1 aliphatic rings. The largest absolute Gasteiger partial charge is 0.672 e. The minimum Gasteiger partial charge on any atom is -0.672 e. The molecule has 11 heteroatoms. The van der Waals surface area contributed by atoms with Gasteiger partial charge in [-0.2, -0.15) is 5.70 Å². The monoisotopic (exact) mass is 461 g/mol. The number of nitrogens with zero attached hydrogens (tertiary/aromatic N) is 2.